The lowest BCUT2D eigenvalue weighted by Gasteiger charge is -2.19. The molecule has 7 nitrogen and oxygen atoms in total. The third kappa shape index (κ3) is 7.76. The van der Waals surface area contributed by atoms with Gasteiger partial charge in [0.05, 0.1) is 6.10 Å². The summed E-state index contributed by atoms with van der Waals surface area (Å²) in [6, 6.07) is 19.4. The monoisotopic (exact) mass is 475 g/mol. The molecule has 2 amide bonds. The van der Waals surface area contributed by atoms with Gasteiger partial charge in [-0.2, -0.15) is 0 Å². The number of carbonyl (C=O) groups is 2. The topological polar surface area (TPSA) is 111 Å². The SMILES string of the molecule is CC(O)C(NC(=O)c1ccc(C#Cc2ccc(CNCc3ccc(F)cc3)cc2)cc1)C(=O)NO. The van der Waals surface area contributed by atoms with Crippen molar-refractivity contribution in [2.45, 2.75) is 32.2 Å². The Kier molecular flexibility index (Phi) is 9.09. The van der Waals surface area contributed by atoms with Crippen molar-refractivity contribution in [3.05, 3.63) is 106 Å². The molecule has 0 fully saturated rings. The van der Waals surface area contributed by atoms with Gasteiger partial charge in [-0.25, -0.2) is 9.87 Å². The minimum absolute atomic E-state index is 0.248. The Bertz CT molecular complexity index is 1200. The lowest BCUT2D eigenvalue weighted by atomic mass is 10.1. The molecule has 180 valence electrons. The van der Waals surface area contributed by atoms with E-state index in [1.165, 1.54) is 24.5 Å². The number of amides is 2. The second-order valence-corrected chi connectivity index (χ2v) is 7.92. The third-order valence-corrected chi connectivity index (χ3v) is 5.19. The van der Waals surface area contributed by atoms with Gasteiger partial charge >= 0.3 is 0 Å². The minimum atomic E-state index is -1.28. The molecule has 35 heavy (non-hydrogen) atoms. The third-order valence-electron chi connectivity index (χ3n) is 5.19. The van der Waals surface area contributed by atoms with E-state index in [1.54, 1.807) is 36.4 Å². The van der Waals surface area contributed by atoms with Gasteiger partial charge in [-0.15, -0.1) is 0 Å². The molecule has 3 aromatic carbocycles. The fourth-order valence-electron chi connectivity index (χ4n) is 3.21. The van der Waals surface area contributed by atoms with Crippen LogP contribution in [0, 0.1) is 17.7 Å². The predicted octanol–water partition coefficient (Wildman–Crippen LogP) is 2.50. The molecule has 0 aliphatic rings. The van der Waals surface area contributed by atoms with Crippen molar-refractivity contribution in [2.24, 2.45) is 0 Å². The highest BCUT2D eigenvalue weighted by atomic mass is 19.1. The molecule has 0 bridgehead atoms. The van der Waals surface area contributed by atoms with E-state index in [1.807, 2.05) is 24.3 Å². The Labute approximate surface area is 203 Å². The van der Waals surface area contributed by atoms with Gasteiger partial charge in [0.1, 0.15) is 11.9 Å². The molecule has 0 aliphatic carbocycles. The molecule has 0 radical (unpaired) electrons. The van der Waals surface area contributed by atoms with Crippen LogP contribution in [0.2, 0.25) is 0 Å². The number of hydrogen-bond donors (Lipinski definition) is 5. The molecule has 0 heterocycles. The number of hydrogen-bond acceptors (Lipinski definition) is 5. The van der Waals surface area contributed by atoms with Crippen molar-refractivity contribution in [1.82, 2.24) is 16.1 Å². The Morgan fingerprint density at radius 3 is 1.83 bits per heavy atom. The van der Waals surface area contributed by atoms with Gasteiger partial charge in [-0.1, -0.05) is 36.1 Å². The van der Waals surface area contributed by atoms with Crippen LogP contribution in [0.5, 0.6) is 0 Å². The molecule has 3 aromatic rings. The number of nitrogens with one attached hydrogen (secondary N) is 3. The van der Waals surface area contributed by atoms with Crippen LogP contribution in [0.25, 0.3) is 0 Å². The fourth-order valence-corrected chi connectivity index (χ4v) is 3.21. The van der Waals surface area contributed by atoms with Gasteiger partial charge in [0.2, 0.25) is 0 Å². The van der Waals surface area contributed by atoms with E-state index in [9.17, 15) is 19.1 Å². The van der Waals surface area contributed by atoms with Gasteiger partial charge in [-0.3, -0.25) is 14.8 Å². The van der Waals surface area contributed by atoms with E-state index in [0.717, 1.165) is 16.7 Å². The number of benzene rings is 3. The first-order chi connectivity index (χ1) is 16.9. The van der Waals surface area contributed by atoms with E-state index in [-0.39, 0.29) is 11.4 Å². The summed E-state index contributed by atoms with van der Waals surface area (Å²) in [5.74, 6) is 4.38. The molecule has 0 aromatic heterocycles. The van der Waals surface area contributed by atoms with Crippen LogP contribution >= 0.6 is 0 Å². The van der Waals surface area contributed by atoms with E-state index in [0.29, 0.717) is 18.7 Å². The highest BCUT2D eigenvalue weighted by Gasteiger charge is 2.25. The highest BCUT2D eigenvalue weighted by Crippen LogP contribution is 2.08. The maximum atomic E-state index is 13.0. The van der Waals surface area contributed by atoms with Crippen LogP contribution in [0.1, 0.15) is 39.5 Å². The second-order valence-electron chi connectivity index (χ2n) is 7.92. The first-order valence-electron chi connectivity index (χ1n) is 10.9. The zero-order chi connectivity index (χ0) is 25.2. The Hall–Kier alpha value is -4.03. The normalized spacial score (nSPS) is 12.1. The Balaban J connectivity index is 1.53. The number of rotatable bonds is 8. The lowest BCUT2D eigenvalue weighted by Crippen LogP contribution is -2.51. The zero-order valence-corrected chi connectivity index (χ0v) is 19.1. The number of aliphatic hydroxyl groups excluding tert-OH is 1. The number of hydroxylamine groups is 1. The number of aliphatic hydroxyl groups is 1. The first-order valence-corrected chi connectivity index (χ1v) is 10.9. The summed E-state index contributed by atoms with van der Waals surface area (Å²) in [6.45, 7) is 2.64. The van der Waals surface area contributed by atoms with Crippen LogP contribution in [-0.2, 0) is 17.9 Å². The second kappa shape index (κ2) is 12.4. The Morgan fingerprint density at radius 1 is 0.857 bits per heavy atom. The van der Waals surface area contributed by atoms with E-state index in [4.69, 9.17) is 5.21 Å². The van der Waals surface area contributed by atoms with Crippen molar-refractivity contribution in [2.75, 3.05) is 0 Å². The molecule has 0 aliphatic heterocycles. The average Bonchev–Trinajstić information content (AvgIpc) is 2.87. The van der Waals surface area contributed by atoms with Crippen molar-refractivity contribution < 1.29 is 24.3 Å². The summed E-state index contributed by atoms with van der Waals surface area (Å²) in [5.41, 5.74) is 5.34. The summed E-state index contributed by atoms with van der Waals surface area (Å²) >= 11 is 0. The van der Waals surface area contributed by atoms with Gasteiger partial charge in [-0.05, 0) is 66.6 Å². The number of carbonyl (C=O) groups excluding carboxylic acids is 2. The molecule has 2 atom stereocenters. The largest absolute Gasteiger partial charge is 0.391 e. The van der Waals surface area contributed by atoms with Crippen LogP contribution in [-0.4, -0.2) is 34.3 Å². The predicted molar refractivity (Wildman–Crippen MR) is 129 cm³/mol. The van der Waals surface area contributed by atoms with E-state index < -0.39 is 24.0 Å². The molecular weight excluding hydrogens is 449 g/mol. The maximum Gasteiger partial charge on any atom is 0.268 e. The molecule has 3 rings (SSSR count). The summed E-state index contributed by atoms with van der Waals surface area (Å²) in [5, 5.41) is 24.1. The average molecular weight is 476 g/mol. The number of halogens is 1. The van der Waals surface area contributed by atoms with Gasteiger partial charge in [0.25, 0.3) is 11.8 Å². The van der Waals surface area contributed by atoms with Crippen molar-refractivity contribution in [3.8, 4) is 11.8 Å². The van der Waals surface area contributed by atoms with Crippen molar-refractivity contribution in [1.29, 1.82) is 0 Å². The minimum Gasteiger partial charge on any atom is -0.391 e. The Morgan fingerprint density at radius 2 is 1.34 bits per heavy atom. The molecule has 2 unspecified atom stereocenters. The van der Waals surface area contributed by atoms with Crippen LogP contribution < -0.4 is 16.1 Å². The van der Waals surface area contributed by atoms with Crippen molar-refractivity contribution in [3.63, 3.8) is 0 Å². The van der Waals surface area contributed by atoms with Gasteiger partial charge in [0.15, 0.2) is 0 Å². The first kappa shape index (κ1) is 25.6. The molecule has 8 heteroatoms. The van der Waals surface area contributed by atoms with Gasteiger partial charge < -0.3 is 15.7 Å². The lowest BCUT2D eigenvalue weighted by molar-refractivity contribution is -0.133. The maximum absolute atomic E-state index is 13.0. The van der Waals surface area contributed by atoms with Crippen LogP contribution in [0.3, 0.4) is 0 Å². The summed E-state index contributed by atoms with van der Waals surface area (Å²) in [6.07, 6.45) is -1.19. The molecule has 5 N–H and O–H groups in total. The highest BCUT2D eigenvalue weighted by molar-refractivity contribution is 5.97. The van der Waals surface area contributed by atoms with Gasteiger partial charge in [0, 0.05) is 29.8 Å². The molecule has 0 saturated heterocycles. The summed E-state index contributed by atoms with van der Waals surface area (Å²) < 4.78 is 13.0. The summed E-state index contributed by atoms with van der Waals surface area (Å²) in [7, 11) is 0. The van der Waals surface area contributed by atoms with Crippen molar-refractivity contribution >= 4 is 11.8 Å². The molecular formula is C27H26FN3O4. The smallest absolute Gasteiger partial charge is 0.268 e. The van der Waals surface area contributed by atoms with Crippen LogP contribution in [0.4, 0.5) is 4.39 Å². The summed E-state index contributed by atoms with van der Waals surface area (Å²) in [4.78, 5) is 23.9. The molecule has 0 spiro atoms. The zero-order valence-electron chi connectivity index (χ0n) is 19.1. The molecule has 0 saturated carbocycles. The van der Waals surface area contributed by atoms with Crippen LogP contribution in [0.15, 0.2) is 72.8 Å². The fraction of sp³-hybridized carbons (Fsp3) is 0.185. The quantitative estimate of drug-likeness (QED) is 0.195. The standard InChI is InChI=1S/C27H26FN3O4/c1-18(32)25(27(34)31-35)30-26(33)23-12-8-20(9-13-23)3-2-19-4-6-21(7-5-19)16-29-17-22-10-14-24(28)15-11-22/h4-15,18,25,29,32,35H,16-17H2,1H3,(H,30,33)(H,31,34). The van der Waals surface area contributed by atoms with E-state index in [2.05, 4.69) is 22.5 Å². The van der Waals surface area contributed by atoms with E-state index >= 15 is 0 Å².